The number of carboxylic acids is 1. The van der Waals surface area contributed by atoms with Crippen LogP contribution in [0.15, 0.2) is 0 Å². The SMILES string of the molecule is CCCN(CCC)C(=O)CCC(=O)N1CCSCC1CC(=O)O. The number of rotatable bonds is 9. The van der Waals surface area contributed by atoms with Gasteiger partial charge in [-0.25, -0.2) is 0 Å². The fraction of sp³-hybridized carbons (Fsp3) is 0.812. The molecule has 132 valence electrons. The first-order valence-corrected chi connectivity index (χ1v) is 9.51. The van der Waals surface area contributed by atoms with Gasteiger partial charge in [0.1, 0.15) is 0 Å². The third-order valence-corrected chi connectivity index (χ3v) is 4.94. The Kier molecular flexibility index (Phi) is 9.06. The lowest BCUT2D eigenvalue weighted by Gasteiger charge is -2.34. The summed E-state index contributed by atoms with van der Waals surface area (Å²) < 4.78 is 0. The van der Waals surface area contributed by atoms with Gasteiger partial charge in [0.05, 0.1) is 12.5 Å². The van der Waals surface area contributed by atoms with Crippen molar-refractivity contribution in [3.8, 4) is 0 Å². The van der Waals surface area contributed by atoms with Crippen molar-refractivity contribution >= 4 is 29.5 Å². The van der Waals surface area contributed by atoms with Crippen LogP contribution >= 0.6 is 11.8 Å². The van der Waals surface area contributed by atoms with Crippen LogP contribution in [0.5, 0.6) is 0 Å². The Labute approximate surface area is 142 Å². The Bertz CT molecular complexity index is 411. The number of nitrogens with zero attached hydrogens (tertiary/aromatic N) is 2. The second-order valence-corrected chi connectivity index (χ2v) is 6.94. The summed E-state index contributed by atoms with van der Waals surface area (Å²) in [6, 6.07) is -0.253. The smallest absolute Gasteiger partial charge is 0.305 e. The summed E-state index contributed by atoms with van der Waals surface area (Å²) in [6.45, 7) is 6.08. The first-order chi connectivity index (χ1) is 11.0. The minimum Gasteiger partial charge on any atom is -0.481 e. The molecule has 1 aliphatic rings. The van der Waals surface area contributed by atoms with E-state index >= 15 is 0 Å². The first kappa shape index (κ1) is 19.8. The fourth-order valence-electron chi connectivity index (χ4n) is 2.77. The van der Waals surface area contributed by atoms with Crippen molar-refractivity contribution in [2.45, 2.75) is 52.0 Å². The molecule has 1 unspecified atom stereocenters. The van der Waals surface area contributed by atoms with Crippen molar-refractivity contribution in [2.75, 3.05) is 31.1 Å². The molecule has 0 spiro atoms. The predicted molar refractivity (Wildman–Crippen MR) is 91.5 cm³/mol. The summed E-state index contributed by atoms with van der Waals surface area (Å²) in [5, 5.41) is 8.97. The zero-order valence-electron chi connectivity index (χ0n) is 14.1. The average molecular weight is 344 g/mol. The number of hydrogen-bond acceptors (Lipinski definition) is 4. The lowest BCUT2D eigenvalue weighted by atomic mass is 10.1. The third-order valence-electron chi connectivity index (χ3n) is 3.85. The molecular weight excluding hydrogens is 316 g/mol. The van der Waals surface area contributed by atoms with Gasteiger partial charge in [-0.05, 0) is 12.8 Å². The lowest BCUT2D eigenvalue weighted by Crippen LogP contribution is -2.47. The number of hydrogen-bond donors (Lipinski definition) is 1. The molecule has 6 nitrogen and oxygen atoms in total. The topological polar surface area (TPSA) is 77.9 Å². The minimum atomic E-state index is -0.886. The van der Waals surface area contributed by atoms with E-state index in [0.717, 1.165) is 31.7 Å². The molecule has 0 aliphatic carbocycles. The van der Waals surface area contributed by atoms with E-state index in [1.165, 1.54) is 0 Å². The van der Waals surface area contributed by atoms with Gasteiger partial charge >= 0.3 is 5.97 Å². The van der Waals surface area contributed by atoms with Gasteiger partial charge in [-0.1, -0.05) is 13.8 Å². The van der Waals surface area contributed by atoms with Crippen molar-refractivity contribution in [2.24, 2.45) is 0 Å². The van der Waals surface area contributed by atoms with Gasteiger partial charge in [-0.2, -0.15) is 11.8 Å². The summed E-state index contributed by atoms with van der Waals surface area (Å²) in [6.07, 6.45) is 2.17. The summed E-state index contributed by atoms with van der Waals surface area (Å²) in [7, 11) is 0. The van der Waals surface area contributed by atoms with Gasteiger partial charge in [0, 0.05) is 44.0 Å². The summed E-state index contributed by atoms with van der Waals surface area (Å²) in [4.78, 5) is 39.0. The summed E-state index contributed by atoms with van der Waals surface area (Å²) in [5.41, 5.74) is 0. The molecule has 1 atom stereocenters. The van der Waals surface area contributed by atoms with Gasteiger partial charge < -0.3 is 14.9 Å². The molecule has 2 amide bonds. The van der Waals surface area contributed by atoms with Crippen molar-refractivity contribution in [3.05, 3.63) is 0 Å². The van der Waals surface area contributed by atoms with Crippen molar-refractivity contribution < 1.29 is 19.5 Å². The standard InChI is InChI=1S/C16H28N2O4S/c1-3-7-17(8-4-2)14(19)5-6-15(20)18-9-10-23-12-13(18)11-16(21)22/h13H,3-12H2,1-2H3,(H,21,22). The van der Waals surface area contributed by atoms with Crippen molar-refractivity contribution in [3.63, 3.8) is 0 Å². The average Bonchev–Trinajstić information content (AvgIpc) is 2.52. The number of carbonyl (C=O) groups is 3. The number of carbonyl (C=O) groups excluding carboxylic acids is 2. The van der Waals surface area contributed by atoms with E-state index in [2.05, 4.69) is 0 Å². The maximum Gasteiger partial charge on any atom is 0.305 e. The van der Waals surface area contributed by atoms with Gasteiger partial charge in [0.25, 0.3) is 0 Å². The second kappa shape index (κ2) is 10.5. The molecule has 0 aromatic carbocycles. The molecule has 1 fully saturated rings. The molecule has 1 rings (SSSR count). The highest BCUT2D eigenvalue weighted by Gasteiger charge is 2.29. The third kappa shape index (κ3) is 6.81. The van der Waals surface area contributed by atoms with Gasteiger partial charge in [0.15, 0.2) is 0 Å². The van der Waals surface area contributed by atoms with Crippen LogP contribution in [-0.2, 0) is 14.4 Å². The Morgan fingerprint density at radius 3 is 2.39 bits per heavy atom. The molecule has 0 saturated carbocycles. The van der Waals surface area contributed by atoms with E-state index in [-0.39, 0.29) is 37.1 Å². The van der Waals surface area contributed by atoms with Gasteiger partial charge in [-0.3, -0.25) is 14.4 Å². The number of aliphatic carboxylic acids is 1. The van der Waals surface area contributed by atoms with Crippen LogP contribution in [0.4, 0.5) is 0 Å². The molecule has 1 heterocycles. The van der Waals surface area contributed by atoms with Crippen LogP contribution in [0.2, 0.25) is 0 Å². The van der Waals surface area contributed by atoms with E-state index in [1.54, 1.807) is 16.7 Å². The first-order valence-electron chi connectivity index (χ1n) is 8.36. The molecule has 0 aromatic heterocycles. The minimum absolute atomic E-state index is 0.0169. The molecule has 1 saturated heterocycles. The molecule has 7 heteroatoms. The second-order valence-electron chi connectivity index (χ2n) is 5.79. The maximum atomic E-state index is 12.4. The van der Waals surface area contributed by atoms with E-state index in [4.69, 9.17) is 5.11 Å². The van der Waals surface area contributed by atoms with Gasteiger partial charge in [0.2, 0.25) is 11.8 Å². The molecule has 1 aliphatic heterocycles. The fourth-order valence-corrected chi connectivity index (χ4v) is 3.83. The monoisotopic (exact) mass is 344 g/mol. The number of amides is 2. The van der Waals surface area contributed by atoms with E-state index in [0.29, 0.717) is 12.3 Å². The zero-order valence-corrected chi connectivity index (χ0v) is 14.9. The Hall–Kier alpha value is -1.24. The van der Waals surface area contributed by atoms with Crippen LogP contribution in [-0.4, -0.2) is 69.9 Å². The molecule has 0 aromatic rings. The highest BCUT2D eigenvalue weighted by molar-refractivity contribution is 7.99. The van der Waals surface area contributed by atoms with Crippen LogP contribution in [0.3, 0.4) is 0 Å². The lowest BCUT2D eigenvalue weighted by molar-refractivity contribution is -0.142. The van der Waals surface area contributed by atoms with Crippen LogP contribution in [0.25, 0.3) is 0 Å². The Balaban J connectivity index is 2.52. The highest BCUT2D eigenvalue weighted by Crippen LogP contribution is 2.20. The van der Waals surface area contributed by atoms with Crippen molar-refractivity contribution in [1.82, 2.24) is 9.80 Å². The Morgan fingerprint density at radius 1 is 1.17 bits per heavy atom. The summed E-state index contributed by atoms with van der Waals surface area (Å²) in [5.74, 6) is 0.515. The van der Waals surface area contributed by atoms with E-state index in [9.17, 15) is 14.4 Å². The highest BCUT2D eigenvalue weighted by atomic mass is 32.2. The number of thioether (sulfide) groups is 1. The summed E-state index contributed by atoms with van der Waals surface area (Å²) >= 11 is 1.68. The maximum absolute atomic E-state index is 12.4. The van der Waals surface area contributed by atoms with Gasteiger partial charge in [-0.15, -0.1) is 0 Å². The van der Waals surface area contributed by atoms with E-state index in [1.807, 2.05) is 18.7 Å². The van der Waals surface area contributed by atoms with Crippen LogP contribution in [0.1, 0.15) is 46.0 Å². The molecule has 1 N–H and O–H groups in total. The molecule has 23 heavy (non-hydrogen) atoms. The molecular formula is C16H28N2O4S. The van der Waals surface area contributed by atoms with Crippen LogP contribution in [0, 0.1) is 0 Å². The van der Waals surface area contributed by atoms with E-state index < -0.39 is 5.97 Å². The quantitative estimate of drug-likeness (QED) is 0.690. The molecule has 0 bridgehead atoms. The molecule has 0 radical (unpaired) electrons. The largest absolute Gasteiger partial charge is 0.481 e. The number of carboxylic acid groups (broad SMARTS) is 1. The van der Waals surface area contributed by atoms with Crippen molar-refractivity contribution in [1.29, 1.82) is 0 Å². The zero-order chi connectivity index (χ0) is 17.2. The Morgan fingerprint density at radius 2 is 1.83 bits per heavy atom. The normalized spacial score (nSPS) is 17.8. The van der Waals surface area contributed by atoms with Crippen LogP contribution < -0.4 is 0 Å². The predicted octanol–water partition coefficient (Wildman–Crippen LogP) is 1.83.